The van der Waals surface area contributed by atoms with Crippen molar-refractivity contribution >= 4 is 17.5 Å². The van der Waals surface area contributed by atoms with E-state index in [9.17, 15) is 9.59 Å². The number of anilines is 1. The number of nitrogens with one attached hydrogen (secondary N) is 2. The first-order chi connectivity index (χ1) is 10.3. The molecule has 0 aromatic heterocycles. The SMILES string of the molecule is CCc1cccc(C)c1NC(=O)C(C)(C)C(=O)NCCOC. The second-order valence-electron chi connectivity index (χ2n) is 5.79. The van der Waals surface area contributed by atoms with E-state index in [0.29, 0.717) is 13.2 Å². The number of benzene rings is 1. The summed E-state index contributed by atoms with van der Waals surface area (Å²) in [5, 5.41) is 5.62. The molecule has 0 aliphatic carbocycles. The molecule has 0 aliphatic rings. The van der Waals surface area contributed by atoms with Gasteiger partial charge in [0.15, 0.2) is 0 Å². The summed E-state index contributed by atoms with van der Waals surface area (Å²) in [5.41, 5.74) is 1.70. The minimum atomic E-state index is -1.15. The van der Waals surface area contributed by atoms with Crippen LogP contribution in [0.3, 0.4) is 0 Å². The maximum atomic E-state index is 12.5. The Morgan fingerprint density at radius 3 is 2.50 bits per heavy atom. The average Bonchev–Trinajstić information content (AvgIpc) is 2.49. The highest BCUT2D eigenvalue weighted by Gasteiger charge is 2.36. The van der Waals surface area contributed by atoms with Gasteiger partial charge in [-0.15, -0.1) is 0 Å². The van der Waals surface area contributed by atoms with Crippen LogP contribution in [-0.4, -0.2) is 32.1 Å². The Hall–Kier alpha value is -1.88. The lowest BCUT2D eigenvalue weighted by atomic mass is 9.90. The lowest BCUT2D eigenvalue weighted by molar-refractivity contribution is -0.138. The topological polar surface area (TPSA) is 67.4 Å². The van der Waals surface area contributed by atoms with Crippen LogP contribution in [0.1, 0.15) is 31.9 Å². The molecule has 0 unspecified atom stereocenters. The molecule has 5 nitrogen and oxygen atoms in total. The van der Waals surface area contributed by atoms with E-state index in [1.807, 2.05) is 32.0 Å². The first-order valence-electron chi connectivity index (χ1n) is 7.51. The van der Waals surface area contributed by atoms with Crippen LogP contribution in [0.4, 0.5) is 5.69 Å². The van der Waals surface area contributed by atoms with E-state index in [-0.39, 0.29) is 11.8 Å². The summed E-state index contributed by atoms with van der Waals surface area (Å²) < 4.78 is 4.89. The summed E-state index contributed by atoms with van der Waals surface area (Å²) in [6.07, 6.45) is 0.817. The van der Waals surface area contributed by atoms with Gasteiger partial charge in [-0.25, -0.2) is 0 Å². The zero-order valence-electron chi connectivity index (χ0n) is 14.1. The van der Waals surface area contributed by atoms with Gasteiger partial charge in [-0.2, -0.15) is 0 Å². The quantitative estimate of drug-likeness (QED) is 0.600. The lowest BCUT2D eigenvalue weighted by Gasteiger charge is -2.24. The standard InChI is InChI=1S/C17H26N2O3/c1-6-13-9-7-8-12(2)14(13)19-16(21)17(3,4)15(20)18-10-11-22-5/h7-9H,6,10-11H2,1-5H3,(H,18,20)(H,19,21). The largest absolute Gasteiger partial charge is 0.383 e. The Labute approximate surface area is 132 Å². The third-order valence-electron chi connectivity index (χ3n) is 3.71. The van der Waals surface area contributed by atoms with Gasteiger partial charge in [0.2, 0.25) is 11.8 Å². The molecule has 0 radical (unpaired) electrons. The maximum Gasteiger partial charge on any atom is 0.239 e. The van der Waals surface area contributed by atoms with Crippen LogP contribution in [0, 0.1) is 12.3 Å². The Morgan fingerprint density at radius 2 is 1.91 bits per heavy atom. The van der Waals surface area contributed by atoms with E-state index >= 15 is 0 Å². The zero-order chi connectivity index (χ0) is 16.8. The fourth-order valence-corrected chi connectivity index (χ4v) is 2.06. The van der Waals surface area contributed by atoms with Crippen molar-refractivity contribution in [2.45, 2.75) is 34.1 Å². The molecule has 1 rings (SSSR count). The minimum absolute atomic E-state index is 0.311. The van der Waals surface area contributed by atoms with E-state index in [2.05, 4.69) is 10.6 Å². The second-order valence-corrected chi connectivity index (χ2v) is 5.79. The van der Waals surface area contributed by atoms with Crippen molar-refractivity contribution in [2.75, 3.05) is 25.6 Å². The fourth-order valence-electron chi connectivity index (χ4n) is 2.06. The first kappa shape index (κ1) is 18.2. The van der Waals surface area contributed by atoms with Gasteiger partial charge in [0.1, 0.15) is 5.41 Å². The summed E-state index contributed by atoms with van der Waals surface area (Å²) in [5.74, 6) is -0.625. The van der Waals surface area contributed by atoms with Crippen LogP contribution in [0.2, 0.25) is 0 Å². The Bertz CT molecular complexity index is 539. The van der Waals surface area contributed by atoms with Gasteiger partial charge in [0.05, 0.1) is 6.61 Å². The maximum absolute atomic E-state index is 12.5. The molecule has 0 spiro atoms. The number of amides is 2. The average molecular weight is 306 g/mol. The monoisotopic (exact) mass is 306 g/mol. The Balaban J connectivity index is 2.85. The van der Waals surface area contributed by atoms with Gasteiger partial charge >= 0.3 is 0 Å². The van der Waals surface area contributed by atoms with Crippen LogP contribution in [0.25, 0.3) is 0 Å². The molecule has 22 heavy (non-hydrogen) atoms. The molecule has 1 aromatic carbocycles. The number of methoxy groups -OCH3 is 1. The minimum Gasteiger partial charge on any atom is -0.383 e. The predicted octanol–water partition coefficient (Wildman–Crippen LogP) is 2.28. The zero-order valence-corrected chi connectivity index (χ0v) is 14.1. The number of hydrogen-bond acceptors (Lipinski definition) is 3. The number of carbonyl (C=O) groups is 2. The molecule has 2 N–H and O–H groups in total. The molecular formula is C17H26N2O3. The molecule has 5 heteroatoms. The molecule has 0 heterocycles. The summed E-state index contributed by atoms with van der Waals surface area (Å²) in [4.78, 5) is 24.7. The van der Waals surface area contributed by atoms with E-state index in [1.54, 1.807) is 21.0 Å². The van der Waals surface area contributed by atoms with E-state index in [4.69, 9.17) is 4.74 Å². The normalized spacial score (nSPS) is 11.1. The summed E-state index contributed by atoms with van der Waals surface area (Å²) >= 11 is 0. The van der Waals surface area contributed by atoms with Gasteiger partial charge < -0.3 is 15.4 Å². The number of aryl methyl sites for hydroxylation is 2. The molecule has 0 saturated heterocycles. The van der Waals surface area contributed by atoms with Crippen molar-refractivity contribution in [1.29, 1.82) is 0 Å². The summed E-state index contributed by atoms with van der Waals surface area (Å²) in [6, 6.07) is 5.89. The Kier molecular flexibility index (Phi) is 6.56. The van der Waals surface area contributed by atoms with Crippen LogP contribution in [0.15, 0.2) is 18.2 Å². The molecule has 122 valence electrons. The molecular weight excluding hydrogens is 280 g/mol. The van der Waals surface area contributed by atoms with Crippen molar-refractivity contribution in [3.05, 3.63) is 29.3 Å². The van der Waals surface area contributed by atoms with Crippen molar-refractivity contribution in [1.82, 2.24) is 5.32 Å². The van der Waals surface area contributed by atoms with Crippen molar-refractivity contribution in [3.63, 3.8) is 0 Å². The molecule has 0 fully saturated rings. The van der Waals surface area contributed by atoms with Crippen LogP contribution >= 0.6 is 0 Å². The smallest absolute Gasteiger partial charge is 0.239 e. The van der Waals surface area contributed by atoms with E-state index < -0.39 is 5.41 Å². The number of ether oxygens (including phenoxy) is 1. The van der Waals surface area contributed by atoms with Crippen molar-refractivity contribution in [2.24, 2.45) is 5.41 Å². The van der Waals surface area contributed by atoms with Gasteiger partial charge in [0.25, 0.3) is 0 Å². The fraction of sp³-hybridized carbons (Fsp3) is 0.529. The number of carbonyl (C=O) groups excluding carboxylic acids is 2. The second kappa shape index (κ2) is 7.94. The molecule has 0 bridgehead atoms. The van der Waals surface area contributed by atoms with E-state index in [1.165, 1.54) is 0 Å². The van der Waals surface area contributed by atoms with E-state index in [0.717, 1.165) is 23.2 Å². The predicted molar refractivity (Wildman–Crippen MR) is 87.9 cm³/mol. The first-order valence-corrected chi connectivity index (χ1v) is 7.51. The highest BCUT2D eigenvalue weighted by atomic mass is 16.5. The summed E-state index contributed by atoms with van der Waals surface area (Å²) in [6.45, 7) is 8.02. The molecule has 0 saturated carbocycles. The van der Waals surface area contributed by atoms with Crippen molar-refractivity contribution in [3.8, 4) is 0 Å². The molecule has 0 atom stereocenters. The third kappa shape index (κ3) is 4.31. The van der Waals surface area contributed by atoms with Crippen LogP contribution in [0.5, 0.6) is 0 Å². The van der Waals surface area contributed by atoms with Gasteiger partial charge in [-0.3, -0.25) is 9.59 Å². The van der Waals surface area contributed by atoms with Crippen molar-refractivity contribution < 1.29 is 14.3 Å². The highest BCUT2D eigenvalue weighted by molar-refractivity contribution is 6.10. The van der Waals surface area contributed by atoms with Gasteiger partial charge in [0, 0.05) is 19.3 Å². The van der Waals surface area contributed by atoms with Crippen LogP contribution in [-0.2, 0) is 20.7 Å². The molecule has 1 aromatic rings. The number of para-hydroxylation sites is 1. The van der Waals surface area contributed by atoms with Crippen LogP contribution < -0.4 is 10.6 Å². The number of hydrogen-bond donors (Lipinski definition) is 2. The number of rotatable bonds is 7. The van der Waals surface area contributed by atoms with Gasteiger partial charge in [-0.1, -0.05) is 25.1 Å². The summed E-state index contributed by atoms with van der Waals surface area (Å²) in [7, 11) is 1.56. The third-order valence-corrected chi connectivity index (χ3v) is 3.71. The molecule has 2 amide bonds. The Morgan fingerprint density at radius 1 is 1.23 bits per heavy atom. The lowest BCUT2D eigenvalue weighted by Crippen LogP contribution is -2.46. The van der Waals surface area contributed by atoms with Gasteiger partial charge in [-0.05, 0) is 38.3 Å². The molecule has 0 aliphatic heterocycles. The highest BCUT2D eigenvalue weighted by Crippen LogP contribution is 2.25.